The van der Waals surface area contributed by atoms with Crippen molar-refractivity contribution in [3.8, 4) is 0 Å². The summed E-state index contributed by atoms with van der Waals surface area (Å²) in [6.45, 7) is 6.68. The maximum Gasteiger partial charge on any atom is 0.319 e. The number of carbonyl (C=O) groups is 2. The summed E-state index contributed by atoms with van der Waals surface area (Å²) in [5.74, 6) is 0.505. The second kappa shape index (κ2) is 7.46. The van der Waals surface area contributed by atoms with E-state index < -0.39 is 0 Å². The van der Waals surface area contributed by atoms with Gasteiger partial charge in [0, 0.05) is 38.0 Å². The molecule has 1 aromatic rings. The Kier molecular flexibility index (Phi) is 5.33. The van der Waals surface area contributed by atoms with Gasteiger partial charge in [0.2, 0.25) is 11.0 Å². The van der Waals surface area contributed by atoms with Crippen LogP contribution in [0, 0.1) is 5.92 Å². The molecule has 0 radical (unpaired) electrons. The van der Waals surface area contributed by atoms with Crippen LogP contribution >= 0.6 is 11.3 Å². The van der Waals surface area contributed by atoms with Crippen LogP contribution in [0.3, 0.4) is 0 Å². The van der Waals surface area contributed by atoms with Crippen molar-refractivity contribution < 1.29 is 9.59 Å². The first-order chi connectivity index (χ1) is 11.6. The average molecular weight is 351 g/mol. The van der Waals surface area contributed by atoms with Crippen molar-refractivity contribution in [1.82, 2.24) is 20.0 Å². The maximum absolute atomic E-state index is 12.4. The fourth-order valence-corrected chi connectivity index (χ4v) is 3.93. The molecule has 8 heteroatoms. The van der Waals surface area contributed by atoms with Crippen molar-refractivity contribution in [2.24, 2.45) is 5.92 Å². The Morgan fingerprint density at radius 3 is 2.42 bits per heavy atom. The van der Waals surface area contributed by atoms with E-state index in [4.69, 9.17) is 0 Å². The second-order valence-electron chi connectivity index (χ2n) is 6.43. The van der Waals surface area contributed by atoms with Crippen LogP contribution in [-0.4, -0.2) is 58.1 Å². The monoisotopic (exact) mass is 351 g/mol. The van der Waals surface area contributed by atoms with E-state index in [-0.39, 0.29) is 17.9 Å². The van der Waals surface area contributed by atoms with Gasteiger partial charge in [0.25, 0.3) is 0 Å². The normalized spacial score (nSPS) is 18.5. The van der Waals surface area contributed by atoms with Gasteiger partial charge in [-0.3, -0.25) is 4.79 Å². The minimum atomic E-state index is -0.0565. The number of hydrogen-bond acceptors (Lipinski definition) is 5. The highest BCUT2D eigenvalue weighted by atomic mass is 32.1. The maximum atomic E-state index is 12.4. The summed E-state index contributed by atoms with van der Waals surface area (Å²) < 4.78 is 0. The second-order valence-corrected chi connectivity index (χ2v) is 7.43. The molecule has 1 aromatic heterocycles. The van der Waals surface area contributed by atoms with Crippen LogP contribution in [0.5, 0.6) is 0 Å². The zero-order chi connectivity index (χ0) is 17.1. The van der Waals surface area contributed by atoms with Crippen LogP contribution < -0.4 is 5.32 Å². The van der Waals surface area contributed by atoms with Crippen LogP contribution in [0.2, 0.25) is 0 Å². The lowest BCUT2D eigenvalue weighted by Gasteiger charge is -2.34. The highest BCUT2D eigenvalue weighted by molar-refractivity contribution is 7.15. The summed E-state index contributed by atoms with van der Waals surface area (Å²) in [7, 11) is 0. The van der Waals surface area contributed by atoms with Crippen molar-refractivity contribution in [3.05, 3.63) is 5.01 Å². The number of rotatable bonds is 5. The lowest BCUT2D eigenvalue weighted by Crippen LogP contribution is -2.47. The molecule has 0 atom stereocenters. The van der Waals surface area contributed by atoms with Gasteiger partial charge in [-0.25, -0.2) is 4.79 Å². The molecular weight excluding hydrogens is 326 g/mol. The molecule has 2 aliphatic rings. The lowest BCUT2D eigenvalue weighted by molar-refractivity contribution is -0.121. The highest BCUT2D eigenvalue weighted by Crippen LogP contribution is 2.42. The van der Waals surface area contributed by atoms with E-state index >= 15 is 0 Å². The number of amides is 3. The number of nitrogens with one attached hydrogen (secondary N) is 1. The summed E-state index contributed by atoms with van der Waals surface area (Å²) in [5.41, 5.74) is 0. The Balaban J connectivity index is 1.48. The van der Waals surface area contributed by atoms with Gasteiger partial charge < -0.3 is 15.1 Å². The molecule has 1 N–H and O–H groups in total. The Morgan fingerprint density at radius 1 is 1.17 bits per heavy atom. The molecule has 1 aliphatic carbocycles. The summed E-state index contributed by atoms with van der Waals surface area (Å²) in [6.07, 6.45) is 3.77. The minimum absolute atomic E-state index is 0.00318. The predicted molar refractivity (Wildman–Crippen MR) is 93.1 cm³/mol. The predicted octanol–water partition coefficient (Wildman–Crippen LogP) is 2.53. The van der Waals surface area contributed by atoms with E-state index in [0.717, 1.165) is 18.1 Å². The highest BCUT2D eigenvalue weighted by Gasteiger charge is 2.30. The number of anilines is 1. The molecule has 0 spiro atoms. The van der Waals surface area contributed by atoms with Crippen molar-refractivity contribution >= 4 is 28.4 Å². The lowest BCUT2D eigenvalue weighted by atomic mass is 9.96. The van der Waals surface area contributed by atoms with Crippen LogP contribution in [0.1, 0.15) is 50.5 Å². The van der Waals surface area contributed by atoms with Gasteiger partial charge >= 0.3 is 6.03 Å². The Bertz CT molecular complexity index is 589. The molecule has 0 aromatic carbocycles. The van der Waals surface area contributed by atoms with Gasteiger partial charge in [-0.1, -0.05) is 11.3 Å². The minimum Gasteiger partial charge on any atom is -0.325 e. The summed E-state index contributed by atoms with van der Waals surface area (Å²) in [5, 5.41) is 12.7. The molecule has 1 aliphatic heterocycles. The van der Waals surface area contributed by atoms with Crippen LogP contribution in [0.25, 0.3) is 0 Å². The van der Waals surface area contributed by atoms with Gasteiger partial charge in [0.05, 0.1) is 0 Å². The first-order valence-electron chi connectivity index (χ1n) is 8.80. The molecule has 0 bridgehead atoms. The number of aromatic nitrogens is 2. The summed E-state index contributed by atoms with van der Waals surface area (Å²) in [4.78, 5) is 28.4. The molecule has 7 nitrogen and oxygen atoms in total. The van der Waals surface area contributed by atoms with E-state index in [1.807, 2.05) is 23.6 Å². The summed E-state index contributed by atoms with van der Waals surface area (Å²) in [6, 6.07) is 0.0806. The van der Waals surface area contributed by atoms with Crippen molar-refractivity contribution in [2.45, 2.75) is 45.4 Å². The van der Waals surface area contributed by atoms with E-state index in [2.05, 4.69) is 15.5 Å². The van der Waals surface area contributed by atoms with Crippen molar-refractivity contribution in [3.63, 3.8) is 0 Å². The fourth-order valence-electron chi connectivity index (χ4n) is 3.01. The molecule has 2 heterocycles. The number of likely N-dealkylation sites (tertiary alicyclic amines) is 1. The van der Waals surface area contributed by atoms with Gasteiger partial charge in [-0.2, -0.15) is 0 Å². The van der Waals surface area contributed by atoms with Gasteiger partial charge in [-0.05, 0) is 39.5 Å². The Labute approximate surface area is 146 Å². The molecule has 24 heavy (non-hydrogen) atoms. The average Bonchev–Trinajstić information content (AvgIpc) is 3.36. The van der Waals surface area contributed by atoms with E-state index in [0.29, 0.717) is 37.0 Å². The standard InChI is InChI=1S/C16H25N5O2S/c1-3-20(4-2)16(23)21-9-7-11(8-10-21)13(22)17-15-19-18-14(24-15)12-5-6-12/h11-12H,3-10H2,1-2H3,(H,17,19,22). The Hall–Kier alpha value is -1.70. The molecule has 2 fully saturated rings. The molecule has 1 saturated carbocycles. The van der Waals surface area contributed by atoms with Crippen LogP contribution in [0.4, 0.5) is 9.93 Å². The molecule has 3 amide bonds. The third-order valence-corrected chi connectivity index (χ3v) is 5.77. The van der Waals surface area contributed by atoms with Gasteiger partial charge in [0.1, 0.15) is 5.01 Å². The third kappa shape index (κ3) is 3.85. The zero-order valence-corrected chi connectivity index (χ0v) is 15.1. The van der Waals surface area contributed by atoms with E-state index in [1.165, 1.54) is 24.2 Å². The van der Waals surface area contributed by atoms with E-state index in [1.54, 1.807) is 0 Å². The number of nitrogens with zero attached hydrogens (tertiary/aromatic N) is 4. The molecule has 3 rings (SSSR count). The Morgan fingerprint density at radius 2 is 1.83 bits per heavy atom. The van der Waals surface area contributed by atoms with Gasteiger partial charge in [-0.15, -0.1) is 10.2 Å². The summed E-state index contributed by atoms with van der Waals surface area (Å²) >= 11 is 1.49. The molecule has 1 saturated heterocycles. The SMILES string of the molecule is CCN(CC)C(=O)N1CCC(C(=O)Nc2nnc(C3CC3)s2)CC1. The molecule has 132 valence electrons. The number of urea groups is 1. The van der Waals surface area contributed by atoms with Crippen LogP contribution in [0.15, 0.2) is 0 Å². The van der Waals surface area contributed by atoms with Crippen molar-refractivity contribution in [2.75, 3.05) is 31.5 Å². The quantitative estimate of drug-likeness (QED) is 0.884. The molecular formula is C16H25N5O2S. The number of hydrogen-bond donors (Lipinski definition) is 1. The first-order valence-corrected chi connectivity index (χ1v) is 9.62. The fraction of sp³-hybridized carbons (Fsp3) is 0.750. The largest absolute Gasteiger partial charge is 0.325 e. The van der Waals surface area contributed by atoms with Crippen molar-refractivity contribution in [1.29, 1.82) is 0 Å². The molecule has 0 unspecified atom stereocenters. The van der Waals surface area contributed by atoms with E-state index in [9.17, 15) is 9.59 Å². The van der Waals surface area contributed by atoms with Crippen LogP contribution in [-0.2, 0) is 4.79 Å². The number of piperidine rings is 1. The van der Waals surface area contributed by atoms with Gasteiger partial charge in [0.15, 0.2) is 0 Å². The topological polar surface area (TPSA) is 78.4 Å². The zero-order valence-electron chi connectivity index (χ0n) is 14.3. The third-order valence-electron chi connectivity index (χ3n) is 4.77. The number of carbonyl (C=O) groups excluding carboxylic acids is 2. The smallest absolute Gasteiger partial charge is 0.319 e. The first kappa shape index (κ1) is 17.1.